The van der Waals surface area contributed by atoms with Gasteiger partial charge in [0, 0.05) is 44.6 Å². The number of aromatic nitrogens is 6. The van der Waals surface area contributed by atoms with Crippen LogP contribution in [0.1, 0.15) is 17.0 Å². The lowest BCUT2D eigenvalue weighted by molar-refractivity contribution is 0.244. The number of piperazine rings is 1. The molecular formula is C19H26N8. The van der Waals surface area contributed by atoms with Crippen LogP contribution in [-0.4, -0.2) is 67.4 Å². The first-order chi connectivity index (χ1) is 13.1. The molecule has 0 atom stereocenters. The van der Waals surface area contributed by atoms with Gasteiger partial charge in [0.15, 0.2) is 11.6 Å². The highest BCUT2D eigenvalue weighted by atomic mass is 15.4. The van der Waals surface area contributed by atoms with Gasteiger partial charge < -0.3 is 4.90 Å². The summed E-state index contributed by atoms with van der Waals surface area (Å²) in [6, 6.07) is 6.08. The average molecular weight is 366 g/mol. The molecule has 0 radical (unpaired) electrons. The Labute approximate surface area is 159 Å². The first kappa shape index (κ1) is 17.7. The number of anilines is 1. The summed E-state index contributed by atoms with van der Waals surface area (Å²) in [7, 11) is 0. The molecule has 4 rings (SSSR count). The lowest BCUT2D eigenvalue weighted by Crippen LogP contribution is -2.47. The van der Waals surface area contributed by atoms with Crippen molar-refractivity contribution in [1.82, 2.24) is 34.7 Å². The molecule has 0 bridgehead atoms. The van der Waals surface area contributed by atoms with E-state index in [0.717, 1.165) is 62.3 Å². The summed E-state index contributed by atoms with van der Waals surface area (Å²) >= 11 is 0. The normalized spacial score (nSPS) is 15.4. The van der Waals surface area contributed by atoms with Crippen molar-refractivity contribution in [2.24, 2.45) is 0 Å². The van der Waals surface area contributed by atoms with Gasteiger partial charge in [-0.15, -0.1) is 10.2 Å². The van der Waals surface area contributed by atoms with Gasteiger partial charge in [-0.2, -0.15) is 10.2 Å². The minimum absolute atomic E-state index is 0.762. The molecule has 0 unspecified atom stereocenters. The highest BCUT2D eigenvalue weighted by Gasteiger charge is 2.18. The lowest BCUT2D eigenvalue weighted by Gasteiger charge is -2.35. The van der Waals surface area contributed by atoms with Crippen molar-refractivity contribution in [3.05, 3.63) is 47.5 Å². The SMILES string of the molecule is Cc1cnn(CCN2CCN(c3ccc(-n4nc(C)cc4C)nn3)CC2)c1. The molecule has 1 fully saturated rings. The predicted molar refractivity (Wildman–Crippen MR) is 104 cm³/mol. The smallest absolute Gasteiger partial charge is 0.176 e. The van der Waals surface area contributed by atoms with E-state index in [1.54, 1.807) is 0 Å². The molecule has 0 spiro atoms. The number of aryl methyl sites for hydroxylation is 3. The molecule has 1 aliphatic rings. The molecule has 0 aliphatic carbocycles. The minimum Gasteiger partial charge on any atom is -0.353 e. The van der Waals surface area contributed by atoms with Crippen LogP contribution in [-0.2, 0) is 6.54 Å². The summed E-state index contributed by atoms with van der Waals surface area (Å²) in [5, 5.41) is 17.6. The van der Waals surface area contributed by atoms with E-state index in [2.05, 4.69) is 43.3 Å². The Kier molecular flexibility index (Phi) is 4.89. The fourth-order valence-electron chi connectivity index (χ4n) is 3.49. The largest absolute Gasteiger partial charge is 0.353 e. The monoisotopic (exact) mass is 366 g/mol. The van der Waals surface area contributed by atoms with E-state index in [0.29, 0.717) is 0 Å². The Morgan fingerprint density at radius 1 is 0.926 bits per heavy atom. The first-order valence-corrected chi connectivity index (χ1v) is 9.42. The molecule has 3 aromatic heterocycles. The molecule has 1 aliphatic heterocycles. The molecule has 1 saturated heterocycles. The van der Waals surface area contributed by atoms with Gasteiger partial charge in [0.05, 0.1) is 18.4 Å². The van der Waals surface area contributed by atoms with Gasteiger partial charge in [-0.3, -0.25) is 9.58 Å². The second kappa shape index (κ2) is 7.48. The predicted octanol–water partition coefficient (Wildman–Crippen LogP) is 1.61. The van der Waals surface area contributed by atoms with E-state index in [1.807, 2.05) is 47.6 Å². The Morgan fingerprint density at radius 3 is 2.26 bits per heavy atom. The summed E-state index contributed by atoms with van der Waals surface area (Å²) in [4.78, 5) is 4.78. The first-order valence-electron chi connectivity index (χ1n) is 9.42. The van der Waals surface area contributed by atoms with Crippen molar-refractivity contribution in [3.63, 3.8) is 0 Å². The molecule has 0 N–H and O–H groups in total. The fraction of sp³-hybridized carbons (Fsp3) is 0.474. The van der Waals surface area contributed by atoms with Gasteiger partial charge in [0.1, 0.15) is 0 Å². The van der Waals surface area contributed by atoms with Crippen molar-refractivity contribution in [1.29, 1.82) is 0 Å². The maximum absolute atomic E-state index is 4.47. The van der Waals surface area contributed by atoms with Crippen LogP contribution in [0.5, 0.6) is 0 Å². The Balaban J connectivity index is 1.32. The molecule has 4 heterocycles. The van der Waals surface area contributed by atoms with E-state index in [1.165, 1.54) is 5.56 Å². The van der Waals surface area contributed by atoms with Crippen LogP contribution >= 0.6 is 0 Å². The minimum atomic E-state index is 0.762. The number of hydrogen-bond donors (Lipinski definition) is 0. The van der Waals surface area contributed by atoms with Gasteiger partial charge in [0.25, 0.3) is 0 Å². The van der Waals surface area contributed by atoms with Crippen LogP contribution in [0, 0.1) is 20.8 Å². The van der Waals surface area contributed by atoms with Crippen LogP contribution < -0.4 is 4.90 Å². The number of hydrogen-bond acceptors (Lipinski definition) is 6. The van der Waals surface area contributed by atoms with Crippen LogP contribution in [0.3, 0.4) is 0 Å². The second-order valence-corrected chi connectivity index (χ2v) is 7.20. The Hall–Kier alpha value is -2.74. The molecule has 0 aromatic carbocycles. The summed E-state index contributed by atoms with van der Waals surface area (Å²) in [5.74, 6) is 1.69. The van der Waals surface area contributed by atoms with E-state index < -0.39 is 0 Å². The topological polar surface area (TPSA) is 67.9 Å². The third kappa shape index (κ3) is 4.00. The molecular weight excluding hydrogens is 340 g/mol. The highest BCUT2D eigenvalue weighted by Crippen LogP contribution is 2.15. The third-order valence-electron chi connectivity index (χ3n) is 4.97. The number of nitrogens with zero attached hydrogens (tertiary/aromatic N) is 8. The highest BCUT2D eigenvalue weighted by molar-refractivity contribution is 5.40. The molecule has 8 nitrogen and oxygen atoms in total. The van der Waals surface area contributed by atoms with E-state index >= 15 is 0 Å². The van der Waals surface area contributed by atoms with Gasteiger partial charge in [-0.1, -0.05) is 0 Å². The maximum atomic E-state index is 4.47. The maximum Gasteiger partial charge on any atom is 0.176 e. The molecule has 8 heteroatoms. The zero-order valence-electron chi connectivity index (χ0n) is 16.2. The fourth-order valence-corrected chi connectivity index (χ4v) is 3.49. The summed E-state index contributed by atoms with van der Waals surface area (Å²) in [5.41, 5.74) is 3.26. The standard InChI is InChI=1S/C19H26N8/c1-15-13-20-26(14-15)11-8-24-6-9-25(10-7-24)18-4-5-19(22-21-18)27-17(3)12-16(2)23-27/h4-5,12-14H,6-11H2,1-3H3. The quantitative estimate of drug-likeness (QED) is 0.683. The van der Waals surface area contributed by atoms with Crippen LogP contribution in [0.25, 0.3) is 5.82 Å². The van der Waals surface area contributed by atoms with Crippen molar-refractivity contribution < 1.29 is 0 Å². The van der Waals surface area contributed by atoms with Crippen LogP contribution in [0.2, 0.25) is 0 Å². The molecule has 142 valence electrons. The second-order valence-electron chi connectivity index (χ2n) is 7.20. The Bertz CT molecular complexity index is 887. The van der Waals surface area contributed by atoms with Gasteiger partial charge in [-0.25, -0.2) is 4.68 Å². The van der Waals surface area contributed by atoms with Crippen molar-refractivity contribution >= 4 is 5.82 Å². The van der Waals surface area contributed by atoms with Gasteiger partial charge >= 0.3 is 0 Å². The molecule has 3 aromatic rings. The summed E-state index contributed by atoms with van der Waals surface area (Å²) in [6.07, 6.45) is 4.00. The van der Waals surface area contributed by atoms with Crippen LogP contribution in [0.15, 0.2) is 30.6 Å². The zero-order valence-corrected chi connectivity index (χ0v) is 16.2. The van der Waals surface area contributed by atoms with Gasteiger partial charge in [0.2, 0.25) is 0 Å². The van der Waals surface area contributed by atoms with E-state index in [4.69, 9.17) is 0 Å². The van der Waals surface area contributed by atoms with E-state index in [9.17, 15) is 0 Å². The molecule has 27 heavy (non-hydrogen) atoms. The zero-order chi connectivity index (χ0) is 18.8. The van der Waals surface area contributed by atoms with E-state index in [-0.39, 0.29) is 0 Å². The molecule has 0 amide bonds. The molecule has 0 saturated carbocycles. The van der Waals surface area contributed by atoms with Crippen molar-refractivity contribution in [3.8, 4) is 5.82 Å². The average Bonchev–Trinajstić information content (AvgIpc) is 3.25. The number of rotatable bonds is 5. The summed E-state index contributed by atoms with van der Waals surface area (Å²) in [6.45, 7) is 12.0. The van der Waals surface area contributed by atoms with Crippen molar-refractivity contribution in [2.45, 2.75) is 27.3 Å². The lowest BCUT2D eigenvalue weighted by atomic mass is 10.3. The Morgan fingerprint density at radius 2 is 1.67 bits per heavy atom. The van der Waals surface area contributed by atoms with Crippen molar-refractivity contribution in [2.75, 3.05) is 37.6 Å². The summed E-state index contributed by atoms with van der Waals surface area (Å²) < 4.78 is 3.85. The third-order valence-corrected chi connectivity index (χ3v) is 4.97. The van der Waals surface area contributed by atoms with Gasteiger partial charge in [-0.05, 0) is 44.5 Å². The van der Waals surface area contributed by atoms with Crippen LogP contribution in [0.4, 0.5) is 5.82 Å².